The first-order chi connectivity index (χ1) is 16.6. The molecule has 0 spiro atoms. The molecular formula is C26H29N5O3. The van der Waals surface area contributed by atoms with E-state index in [1.165, 1.54) is 5.01 Å². The van der Waals surface area contributed by atoms with Gasteiger partial charge in [-0.2, -0.15) is 5.10 Å². The average molecular weight is 460 g/mol. The monoisotopic (exact) mass is 459 g/mol. The molecule has 0 saturated carbocycles. The smallest absolute Gasteiger partial charge is 0.270 e. The summed E-state index contributed by atoms with van der Waals surface area (Å²) in [6, 6.07) is 18.0. The summed E-state index contributed by atoms with van der Waals surface area (Å²) in [6.45, 7) is 2.64. The van der Waals surface area contributed by atoms with Gasteiger partial charge in [-0.05, 0) is 43.0 Å². The maximum atomic E-state index is 12.9. The third kappa shape index (κ3) is 4.66. The van der Waals surface area contributed by atoms with E-state index in [1.54, 1.807) is 7.05 Å². The van der Waals surface area contributed by atoms with Crippen LogP contribution in [-0.2, 0) is 22.7 Å². The maximum Gasteiger partial charge on any atom is 0.270 e. The van der Waals surface area contributed by atoms with E-state index >= 15 is 0 Å². The van der Waals surface area contributed by atoms with Crippen molar-refractivity contribution < 1.29 is 14.3 Å². The Bertz CT molecular complexity index is 1210. The molecule has 2 aliphatic heterocycles. The molecular weight excluding hydrogens is 430 g/mol. The number of carbonyl (C=O) groups excluding carboxylic acids is 2. The molecule has 0 atom stereocenters. The molecule has 1 fully saturated rings. The van der Waals surface area contributed by atoms with E-state index in [0.717, 1.165) is 42.0 Å². The molecule has 2 aliphatic rings. The first-order valence-electron chi connectivity index (χ1n) is 11.8. The van der Waals surface area contributed by atoms with Crippen molar-refractivity contribution in [3.63, 3.8) is 0 Å². The predicted molar refractivity (Wildman–Crippen MR) is 129 cm³/mol. The highest BCUT2D eigenvalue weighted by Gasteiger charge is 2.29. The first kappa shape index (κ1) is 22.1. The summed E-state index contributed by atoms with van der Waals surface area (Å²) < 4.78 is 8.28. The van der Waals surface area contributed by atoms with Gasteiger partial charge >= 0.3 is 0 Å². The summed E-state index contributed by atoms with van der Waals surface area (Å²) in [5, 5.41) is 5.48. The molecule has 5 rings (SSSR count). The zero-order valence-electron chi connectivity index (χ0n) is 19.4. The van der Waals surface area contributed by atoms with Crippen molar-refractivity contribution in [1.82, 2.24) is 19.5 Å². The van der Waals surface area contributed by atoms with Crippen LogP contribution in [0.25, 0.3) is 11.0 Å². The molecule has 8 nitrogen and oxygen atoms in total. The molecule has 3 heterocycles. The van der Waals surface area contributed by atoms with E-state index in [-0.39, 0.29) is 11.8 Å². The van der Waals surface area contributed by atoms with E-state index in [4.69, 9.17) is 9.72 Å². The number of ether oxygens (including phenoxy) is 1. The maximum absolute atomic E-state index is 12.9. The number of imidazole rings is 1. The quantitative estimate of drug-likeness (QED) is 0.565. The predicted octanol–water partition coefficient (Wildman–Crippen LogP) is 3.46. The van der Waals surface area contributed by atoms with E-state index in [9.17, 15) is 9.59 Å². The normalized spacial score (nSPS) is 17.2. The highest BCUT2D eigenvalue weighted by atomic mass is 16.5. The van der Waals surface area contributed by atoms with Crippen LogP contribution >= 0.6 is 0 Å². The molecule has 8 heteroatoms. The van der Waals surface area contributed by atoms with Crippen LogP contribution in [0.4, 0.5) is 0 Å². The number of para-hydroxylation sites is 3. The second kappa shape index (κ2) is 9.67. The summed E-state index contributed by atoms with van der Waals surface area (Å²) in [4.78, 5) is 31.3. The minimum Gasteiger partial charge on any atom is -0.486 e. The molecule has 1 aromatic heterocycles. The van der Waals surface area contributed by atoms with Crippen LogP contribution in [0.5, 0.6) is 5.75 Å². The molecule has 0 bridgehead atoms. The Morgan fingerprint density at radius 1 is 1.03 bits per heavy atom. The van der Waals surface area contributed by atoms with E-state index in [0.29, 0.717) is 44.2 Å². The van der Waals surface area contributed by atoms with Crippen molar-refractivity contribution in [1.29, 1.82) is 0 Å². The third-order valence-corrected chi connectivity index (χ3v) is 6.64. The summed E-state index contributed by atoms with van der Waals surface area (Å²) in [5.74, 6) is 2.09. The van der Waals surface area contributed by atoms with Crippen LogP contribution in [0.1, 0.15) is 31.5 Å². The Kier molecular flexibility index (Phi) is 6.29. The van der Waals surface area contributed by atoms with Gasteiger partial charge in [0.2, 0.25) is 5.91 Å². The fourth-order valence-corrected chi connectivity index (χ4v) is 4.69. The van der Waals surface area contributed by atoms with Gasteiger partial charge in [-0.1, -0.05) is 30.3 Å². The minimum atomic E-state index is -0.0464. The Morgan fingerprint density at radius 3 is 2.53 bits per heavy atom. The number of hydrazone groups is 1. The first-order valence-corrected chi connectivity index (χ1v) is 11.8. The number of rotatable bonds is 6. The van der Waals surface area contributed by atoms with E-state index < -0.39 is 0 Å². The second-order valence-electron chi connectivity index (χ2n) is 8.93. The molecule has 2 aromatic carbocycles. The molecule has 2 amide bonds. The fraction of sp³-hybridized carbons (Fsp3) is 0.385. The fourth-order valence-electron chi connectivity index (χ4n) is 4.69. The Balaban J connectivity index is 1.25. The number of carbonyl (C=O) groups is 2. The molecule has 176 valence electrons. The van der Waals surface area contributed by atoms with Crippen LogP contribution in [0.3, 0.4) is 0 Å². The van der Waals surface area contributed by atoms with Crippen molar-refractivity contribution in [3.05, 3.63) is 60.4 Å². The highest BCUT2D eigenvalue weighted by Crippen LogP contribution is 2.25. The van der Waals surface area contributed by atoms with Gasteiger partial charge in [-0.25, -0.2) is 9.99 Å². The van der Waals surface area contributed by atoms with E-state index in [2.05, 4.69) is 15.7 Å². The number of amides is 2. The number of likely N-dealkylation sites (tertiary alicyclic amines) is 1. The minimum absolute atomic E-state index is 0.0390. The topological polar surface area (TPSA) is 80.0 Å². The molecule has 0 N–H and O–H groups in total. The van der Waals surface area contributed by atoms with Crippen molar-refractivity contribution in [3.8, 4) is 5.75 Å². The van der Waals surface area contributed by atoms with Gasteiger partial charge in [0.1, 0.15) is 23.9 Å². The Hall–Kier alpha value is -3.68. The highest BCUT2D eigenvalue weighted by molar-refractivity contribution is 6.39. The molecule has 3 aromatic rings. The Morgan fingerprint density at radius 2 is 1.76 bits per heavy atom. The zero-order valence-corrected chi connectivity index (χ0v) is 19.4. The lowest BCUT2D eigenvalue weighted by Crippen LogP contribution is -2.44. The largest absolute Gasteiger partial charge is 0.486 e. The van der Waals surface area contributed by atoms with Gasteiger partial charge in [0, 0.05) is 39.5 Å². The van der Waals surface area contributed by atoms with Crippen molar-refractivity contribution in [2.24, 2.45) is 11.0 Å². The van der Waals surface area contributed by atoms with Crippen LogP contribution in [0, 0.1) is 5.92 Å². The van der Waals surface area contributed by atoms with Crippen LogP contribution in [0.2, 0.25) is 0 Å². The SMILES string of the molecule is CN1N=C(C(=O)N2CCC(Cn3c(COc4ccccc4)nc4ccccc43)CC2)CCC1=O. The van der Waals surface area contributed by atoms with Crippen molar-refractivity contribution in [2.75, 3.05) is 20.1 Å². The van der Waals surface area contributed by atoms with Gasteiger partial charge in [-0.15, -0.1) is 0 Å². The molecule has 1 saturated heterocycles. The molecule has 34 heavy (non-hydrogen) atoms. The summed E-state index contributed by atoms with van der Waals surface area (Å²) in [5.41, 5.74) is 2.56. The van der Waals surface area contributed by atoms with Gasteiger partial charge < -0.3 is 14.2 Å². The van der Waals surface area contributed by atoms with Gasteiger partial charge in [0.05, 0.1) is 11.0 Å². The van der Waals surface area contributed by atoms with Crippen LogP contribution < -0.4 is 4.74 Å². The Labute approximate surface area is 198 Å². The van der Waals surface area contributed by atoms with Crippen molar-refractivity contribution >= 4 is 28.6 Å². The third-order valence-electron chi connectivity index (χ3n) is 6.64. The number of fused-ring (bicyclic) bond motifs is 1. The van der Waals surface area contributed by atoms with Gasteiger partial charge in [0.15, 0.2) is 0 Å². The summed E-state index contributed by atoms with van der Waals surface area (Å²) in [6.07, 6.45) is 2.60. The lowest BCUT2D eigenvalue weighted by molar-refractivity contribution is -0.131. The number of hydrogen-bond acceptors (Lipinski definition) is 5. The summed E-state index contributed by atoms with van der Waals surface area (Å²) in [7, 11) is 1.61. The molecule has 0 unspecified atom stereocenters. The summed E-state index contributed by atoms with van der Waals surface area (Å²) >= 11 is 0. The van der Waals surface area contributed by atoms with E-state index in [1.807, 2.05) is 53.4 Å². The molecule has 0 radical (unpaired) electrons. The number of piperidine rings is 1. The van der Waals surface area contributed by atoms with Gasteiger partial charge in [-0.3, -0.25) is 9.59 Å². The number of nitrogens with zero attached hydrogens (tertiary/aromatic N) is 5. The van der Waals surface area contributed by atoms with Crippen molar-refractivity contribution in [2.45, 2.75) is 38.8 Å². The lowest BCUT2D eigenvalue weighted by atomic mass is 9.96. The van der Waals surface area contributed by atoms with Crippen LogP contribution in [-0.4, -0.2) is 57.1 Å². The number of aromatic nitrogens is 2. The number of hydrogen-bond donors (Lipinski definition) is 0. The van der Waals surface area contributed by atoms with Gasteiger partial charge in [0.25, 0.3) is 5.91 Å². The lowest BCUT2D eigenvalue weighted by Gasteiger charge is -2.33. The zero-order chi connectivity index (χ0) is 23.5. The molecule has 0 aliphatic carbocycles. The average Bonchev–Trinajstić information content (AvgIpc) is 3.22. The second-order valence-corrected chi connectivity index (χ2v) is 8.93. The number of benzene rings is 2. The van der Waals surface area contributed by atoms with Crippen LogP contribution in [0.15, 0.2) is 59.7 Å². The standard InChI is InChI=1S/C26H29N5O3/c1-29-25(32)12-11-22(28-29)26(33)30-15-13-19(14-16-30)17-31-23-10-6-5-9-21(23)27-24(31)18-34-20-7-3-2-4-8-20/h2-10,19H,11-18H2,1H3.